The molecule has 7 nitrogen and oxygen atoms in total. The molecule has 3 heterocycles. The maximum Gasteiger partial charge on any atom is 0.291 e. The minimum Gasteiger partial charge on any atom is -0.346 e. The van der Waals surface area contributed by atoms with E-state index in [-0.39, 0.29) is 35.4 Å². The first-order valence-electron chi connectivity index (χ1n) is 11.9. The number of amides is 2. The summed E-state index contributed by atoms with van der Waals surface area (Å²) in [5.41, 5.74) is 0.630. The van der Waals surface area contributed by atoms with Gasteiger partial charge in [-0.05, 0) is 61.4 Å². The van der Waals surface area contributed by atoms with Crippen LogP contribution < -0.4 is 5.32 Å². The van der Waals surface area contributed by atoms with Gasteiger partial charge < -0.3 is 10.2 Å². The first-order chi connectivity index (χ1) is 16.6. The summed E-state index contributed by atoms with van der Waals surface area (Å²) in [4.78, 5) is 33.2. The molecule has 1 aliphatic heterocycles. The first kappa shape index (κ1) is 22.7. The number of aromatic nitrogens is 3. The van der Waals surface area contributed by atoms with Gasteiger partial charge in [-0.25, -0.2) is 14.1 Å². The Labute approximate surface area is 202 Å². The number of carbonyl (C=O) groups is 2. The van der Waals surface area contributed by atoms with Gasteiger partial charge in [0.05, 0.1) is 10.6 Å². The molecule has 1 aliphatic carbocycles. The molecule has 2 amide bonds. The number of hydrogen-bond acceptors (Lipinski definition) is 5. The quantitative estimate of drug-likeness (QED) is 0.584. The van der Waals surface area contributed by atoms with Crippen LogP contribution in [0.2, 0.25) is 0 Å². The number of piperidine rings is 1. The minimum atomic E-state index is -0.340. The molecule has 9 heteroatoms. The molecule has 3 aromatic rings. The SMILES string of the molecule is O=C(NC1CCN(C(=O)C2CCCCC2)CC1)c1nc(-c2cccs2)n(-c2ccc(F)cc2)n1. The molecule has 2 aliphatic rings. The Morgan fingerprint density at radius 3 is 2.41 bits per heavy atom. The van der Waals surface area contributed by atoms with Gasteiger partial charge in [-0.2, -0.15) is 0 Å². The molecule has 0 bridgehead atoms. The zero-order valence-corrected chi connectivity index (χ0v) is 19.8. The summed E-state index contributed by atoms with van der Waals surface area (Å²) in [5.74, 6) is 0.400. The Hall–Kier alpha value is -3.07. The van der Waals surface area contributed by atoms with Gasteiger partial charge in [0.15, 0.2) is 5.82 Å². The molecule has 0 spiro atoms. The van der Waals surface area contributed by atoms with Gasteiger partial charge in [0.25, 0.3) is 5.91 Å². The number of rotatable bonds is 5. The van der Waals surface area contributed by atoms with Crippen molar-refractivity contribution in [3.63, 3.8) is 0 Å². The molecule has 5 rings (SSSR count). The second kappa shape index (κ2) is 10.0. The van der Waals surface area contributed by atoms with Crippen molar-refractivity contribution in [2.24, 2.45) is 5.92 Å². The molecular weight excluding hydrogens is 453 g/mol. The summed E-state index contributed by atoms with van der Waals surface area (Å²) >= 11 is 1.50. The lowest BCUT2D eigenvalue weighted by Crippen LogP contribution is -2.48. The minimum absolute atomic E-state index is 0.0223. The van der Waals surface area contributed by atoms with E-state index in [4.69, 9.17) is 0 Å². The lowest BCUT2D eigenvalue weighted by Gasteiger charge is -2.35. The van der Waals surface area contributed by atoms with Gasteiger partial charge in [0.2, 0.25) is 11.7 Å². The van der Waals surface area contributed by atoms with Crippen LogP contribution in [0.1, 0.15) is 55.6 Å². The van der Waals surface area contributed by atoms with Crippen LogP contribution in [0, 0.1) is 11.7 Å². The van der Waals surface area contributed by atoms with E-state index in [9.17, 15) is 14.0 Å². The topological polar surface area (TPSA) is 80.1 Å². The van der Waals surface area contributed by atoms with E-state index >= 15 is 0 Å². The van der Waals surface area contributed by atoms with Gasteiger partial charge in [-0.1, -0.05) is 25.3 Å². The van der Waals surface area contributed by atoms with E-state index in [1.54, 1.807) is 16.8 Å². The predicted octanol–water partition coefficient (Wildman–Crippen LogP) is 4.44. The number of hydrogen-bond donors (Lipinski definition) is 1. The molecule has 1 saturated heterocycles. The molecule has 0 unspecified atom stereocenters. The fraction of sp³-hybridized carbons (Fsp3) is 0.440. The maximum atomic E-state index is 13.4. The van der Waals surface area contributed by atoms with E-state index in [2.05, 4.69) is 15.4 Å². The van der Waals surface area contributed by atoms with Crippen molar-refractivity contribution in [3.8, 4) is 16.4 Å². The average molecular weight is 482 g/mol. The molecule has 0 atom stereocenters. The highest BCUT2D eigenvalue weighted by molar-refractivity contribution is 7.13. The van der Waals surface area contributed by atoms with Crippen molar-refractivity contribution in [2.45, 2.75) is 51.0 Å². The van der Waals surface area contributed by atoms with Crippen LogP contribution in [0.15, 0.2) is 41.8 Å². The monoisotopic (exact) mass is 481 g/mol. The van der Waals surface area contributed by atoms with E-state index in [1.165, 1.54) is 29.9 Å². The highest BCUT2D eigenvalue weighted by atomic mass is 32.1. The van der Waals surface area contributed by atoms with Crippen LogP contribution >= 0.6 is 11.3 Å². The molecule has 1 aromatic carbocycles. The van der Waals surface area contributed by atoms with Crippen molar-refractivity contribution in [1.29, 1.82) is 0 Å². The third kappa shape index (κ3) is 4.89. The Morgan fingerprint density at radius 2 is 1.74 bits per heavy atom. The summed E-state index contributed by atoms with van der Waals surface area (Å²) in [6, 6.07) is 9.74. The van der Waals surface area contributed by atoms with Crippen molar-refractivity contribution in [1.82, 2.24) is 25.0 Å². The number of nitrogens with one attached hydrogen (secondary N) is 1. The summed E-state index contributed by atoms with van der Waals surface area (Å²) in [6.45, 7) is 1.33. The van der Waals surface area contributed by atoms with Gasteiger partial charge >= 0.3 is 0 Å². The standard InChI is InChI=1S/C25H28FN5O2S/c26-18-8-10-20(11-9-18)31-23(21-7-4-16-34-21)28-22(29-31)24(32)27-19-12-14-30(15-13-19)25(33)17-5-2-1-3-6-17/h4,7-11,16-17,19H,1-3,5-6,12-15H2,(H,27,32). The van der Waals surface area contributed by atoms with Crippen molar-refractivity contribution < 1.29 is 14.0 Å². The second-order valence-electron chi connectivity index (χ2n) is 9.03. The van der Waals surface area contributed by atoms with E-state index < -0.39 is 0 Å². The molecule has 1 N–H and O–H groups in total. The molecular formula is C25H28FN5O2S. The van der Waals surface area contributed by atoms with Crippen LogP contribution in [0.5, 0.6) is 0 Å². The van der Waals surface area contributed by atoms with Crippen LogP contribution in [0.25, 0.3) is 16.4 Å². The van der Waals surface area contributed by atoms with Crippen molar-refractivity contribution >= 4 is 23.2 Å². The molecule has 1 saturated carbocycles. The molecule has 2 fully saturated rings. The molecule has 178 valence electrons. The number of nitrogens with zero attached hydrogens (tertiary/aromatic N) is 4. The van der Waals surface area contributed by atoms with E-state index in [0.717, 1.165) is 43.4 Å². The van der Waals surface area contributed by atoms with Crippen LogP contribution in [0.4, 0.5) is 4.39 Å². The van der Waals surface area contributed by atoms with Crippen LogP contribution in [0.3, 0.4) is 0 Å². The van der Waals surface area contributed by atoms with E-state index in [0.29, 0.717) is 24.6 Å². The smallest absolute Gasteiger partial charge is 0.291 e. The van der Waals surface area contributed by atoms with E-state index in [1.807, 2.05) is 22.4 Å². The molecule has 2 aromatic heterocycles. The van der Waals surface area contributed by atoms with Gasteiger partial charge in [-0.15, -0.1) is 16.4 Å². The Morgan fingerprint density at radius 1 is 1.00 bits per heavy atom. The number of carbonyl (C=O) groups excluding carboxylic acids is 2. The van der Waals surface area contributed by atoms with Gasteiger partial charge in [0.1, 0.15) is 5.82 Å². The highest BCUT2D eigenvalue weighted by Crippen LogP contribution is 2.27. The number of likely N-dealkylation sites (tertiary alicyclic amines) is 1. The fourth-order valence-corrected chi connectivity index (χ4v) is 5.54. The molecule has 0 radical (unpaired) electrons. The Kier molecular flexibility index (Phi) is 6.71. The largest absolute Gasteiger partial charge is 0.346 e. The Bertz CT molecular complexity index is 1130. The fourth-order valence-electron chi connectivity index (χ4n) is 4.84. The zero-order valence-electron chi connectivity index (χ0n) is 19.0. The third-order valence-corrected chi connectivity index (χ3v) is 7.59. The average Bonchev–Trinajstić information content (AvgIpc) is 3.55. The zero-order chi connectivity index (χ0) is 23.5. The Balaban J connectivity index is 1.26. The summed E-state index contributed by atoms with van der Waals surface area (Å²) in [7, 11) is 0. The highest BCUT2D eigenvalue weighted by Gasteiger charge is 2.30. The third-order valence-electron chi connectivity index (χ3n) is 6.72. The number of halogens is 1. The van der Waals surface area contributed by atoms with Gasteiger partial charge in [-0.3, -0.25) is 9.59 Å². The number of thiophene rings is 1. The molecule has 34 heavy (non-hydrogen) atoms. The lowest BCUT2D eigenvalue weighted by molar-refractivity contribution is -0.137. The lowest BCUT2D eigenvalue weighted by atomic mass is 9.87. The normalized spacial score (nSPS) is 17.6. The van der Waals surface area contributed by atoms with Crippen LogP contribution in [-0.4, -0.2) is 50.6 Å². The van der Waals surface area contributed by atoms with Crippen molar-refractivity contribution in [3.05, 3.63) is 53.4 Å². The second-order valence-corrected chi connectivity index (χ2v) is 9.98. The summed E-state index contributed by atoms with van der Waals surface area (Å²) in [5, 5.41) is 9.43. The predicted molar refractivity (Wildman–Crippen MR) is 128 cm³/mol. The summed E-state index contributed by atoms with van der Waals surface area (Å²) in [6.07, 6.45) is 6.98. The van der Waals surface area contributed by atoms with Crippen LogP contribution in [-0.2, 0) is 4.79 Å². The number of benzene rings is 1. The first-order valence-corrected chi connectivity index (χ1v) is 12.8. The van der Waals surface area contributed by atoms with Crippen molar-refractivity contribution in [2.75, 3.05) is 13.1 Å². The summed E-state index contributed by atoms with van der Waals surface area (Å²) < 4.78 is 15.0. The van der Waals surface area contributed by atoms with Gasteiger partial charge in [0, 0.05) is 25.0 Å². The maximum absolute atomic E-state index is 13.4.